The molecule has 1 nitrogen and oxygen atoms in total. The minimum absolute atomic E-state index is 0.149. The third kappa shape index (κ3) is 3.84. The highest BCUT2D eigenvalue weighted by atomic mass is 16.3. The Kier molecular flexibility index (Phi) is 2.79. The van der Waals surface area contributed by atoms with Crippen molar-refractivity contribution in [2.24, 2.45) is 0 Å². The maximum absolute atomic E-state index is 9.89. The Balaban J connectivity index is 1.55. The van der Waals surface area contributed by atoms with Crippen LogP contribution >= 0.6 is 0 Å². The highest BCUT2D eigenvalue weighted by Crippen LogP contribution is 2.48. The van der Waals surface area contributed by atoms with Gasteiger partial charge in [-0.25, -0.2) is 0 Å². The van der Waals surface area contributed by atoms with Crippen LogP contribution in [0.2, 0.25) is 0 Å². The molecule has 0 amide bonds. The Hall–Kier alpha value is -6.18. The van der Waals surface area contributed by atoms with Crippen molar-refractivity contribution in [3.63, 3.8) is 0 Å². The quantitative estimate of drug-likeness (QED) is 0.180. The van der Waals surface area contributed by atoms with Crippen molar-refractivity contribution >= 4 is 65.0 Å². The van der Waals surface area contributed by atoms with E-state index in [2.05, 4.69) is 0 Å². The van der Waals surface area contributed by atoms with Crippen LogP contribution in [-0.4, -0.2) is 0 Å². The van der Waals surface area contributed by atoms with Gasteiger partial charge < -0.3 is 4.42 Å². The number of furan rings is 1. The smallest absolute Gasteiger partial charge is 0.143 e. The fraction of sp³-hybridized carbons (Fsp3) is 0. The van der Waals surface area contributed by atoms with E-state index in [-0.39, 0.29) is 22.1 Å². The number of rotatable bonds is 3. The van der Waals surface area contributed by atoms with Crippen LogP contribution in [0.25, 0.3) is 98.4 Å². The average molecular weight is 618 g/mol. The minimum atomic E-state index is -0.913. The zero-order valence-electron chi connectivity index (χ0n) is 44.9. The van der Waals surface area contributed by atoms with E-state index in [4.69, 9.17) is 20.9 Å². The Morgan fingerprint density at radius 3 is 1.55 bits per heavy atom. The van der Waals surface area contributed by atoms with Gasteiger partial charge in [0.1, 0.15) is 11.2 Å². The van der Waals surface area contributed by atoms with Crippen molar-refractivity contribution < 1.29 is 33.2 Å². The number of benzene rings is 9. The van der Waals surface area contributed by atoms with Crippen LogP contribution in [0.3, 0.4) is 0 Å². The largest absolute Gasteiger partial charge is 0.455 e. The van der Waals surface area contributed by atoms with Crippen LogP contribution in [0.4, 0.5) is 0 Å². The maximum atomic E-state index is 9.89. The summed E-state index contributed by atoms with van der Waals surface area (Å²) in [6.45, 7) is 0. The molecular weight excluding hydrogens is 569 g/mol. The van der Waals surface area contributed by atoms with E-state index in [1.54, 1.807) is 42.5 Å². The van der Waals surface area contributed by atoms with E-state index in [0.717, 1.165) is 0 Å². The Morgan fingerprint density at radius 1 is 0.340 bits per heavy atom. The summed E-state index contributed by atoms with van der Waals surface area (Å²) in [5.74, 6) is 0. The lowest BCUT2D eigenvalue weighted by Gasteiger charge is -2.20. The molecule has 0 spiro atoms. The first kappa shape index (κ1) is 12.9. The first-order valence-corrected chi connectivity index (χ1v) is 14.5. The third-order valence-electron chi connectivity index (χ3n) is 8.36. The first-order valence-electron chi connectivity index (χ1n) is 25.0. The number of hydrogen-bond donors (Lipinski definition) is 0. The summed E-state index contributed by atoms with van der Waals surface area (Å²) in [4.78, 5) is 0. The number of fused-ring (bicyclic) bond motifs is 7. The molecule has 0 atom stereocenters. The molecule has 1 heterocycles. The summed E-state index contributed by atoms with van der Waals surface area (Å²) >= 11 is 0. The van der Waals surface area contributed by atoms with Gasteiger partial charge in [0.2, 0.25) is 0 Å². The molecule has 0 aliphatic rings. The van der Waals surface area contributed by atoms with Gasteiger partial charge >= 0.3 is 0 Å². The Morgan fingerprint density at radius 2 is 0.851 bits per heavy atom. The minimum Gasteiger partial charge on any atom is -0.455 e. The highest BCUT2D eigenvalue weighted by Gasteiger charge is 2.21. The van der Waals surface area contributed by atoms with E-state index in [0.29, 0.717) is 16.4 Å². The van der Waals surface area contributed by atoms with E-state index in [1.165, 1.54) is 0 Å². The normalized spacial score (nSPS) is 18.1. The summed E-state index contributed by atoms with van der Waals surface area (Å²) in [6.07, 6.45) is 0. The molecule has 0 saturated heterocycles. The molecule has 0 fully saturated rings. The predicted molar refractivity (Wildman–Crippen MR) is 200 cm³/mol. The maximum Gasteiger partial charge on any atom is 0.143 e. The van der Waals surface area contributed by atoms with Crippen LogP contribution in [0.15, 0.2) is 174 Å². The van der Waals surface area contributed by atoms with Gasteiger partial charge in [0.15, 0.2) is 0 Å². The summed E-state index contributed by atoms with van der Waals surface area (Å²) in [6, 6.07) is -5.67. The van der Waals surface area contributed by atoms with Gasteiger partial charge in [-0.2, -0.15) is 0 Å². The molecule has 47 heavy (non-hydrogen) atoms. The molecule has 0 bridgehead atoms. The summed E-state index contributed by atoms with van der Waals surface area (Å²) < 4.78 is 198. The van der Waals surface area contributed by atoms with E-state index in [9.17, 15) is 12.3 Å². The Labute approximate surface area is 301 Å². The van der Waals surface area contributed by atoms with Crippen LogP contribution in [-0.2, 0) is 0 Å². The monoisotopic (exact) mass is 617 g/mol. The summed E-state index contributed by atoms with van der Waals surface area (Å²) in [7, 11) is 0. The van der Waals surface area contributed by atoms with Crippen molar-refractivity contribution in [2.75, 3.05) is 0 Å². The van der Waals surface area contributed by atoms with Gasteiger partial charge in [0.25, 0.3) is 0 Å². The second-order valence-corrected chi connectivity index (χ2v) is 10.8. The molecule has 0 aliphatic heterocycles. The number of hydrogen-bond acceptors (Lipinski definition) is 1. The average Bonchev–Trinajstić information content (AvgIpc) is 3.72. The predicted octanol–water partition coefficient (Wildman–Crippen LogP) is 13.2. The fourth-order valence-electron chi connectivity index (χ4n) is 6.40. The van der Waals surface area contributed by atoms with Crippen molar-refractivity contribution in [3.8, 4) is 33.4 Å². The molecule has 1 aromatic heterocycles. The SMILES string of the molecule is [2H]c1c([2H])c([2H])c2c(-c3c4c([2H])c([2H])c([2H])c([2H])c4c(-c4c([2H])c([2H])c(-c5cccc6c5oc5ccccc56)c5c([2H])c([2H])c([2H])c([2H])c45)c4c([2H])c([2H])c([2H])c([2H])c34)c([2H])c([2H])c([2H])c2c1[2H]. The molecule has 0 aliphatic carbocycles. The molecule has 0 saturated carbocycles. The van der Waals surface area contributed by atoms with Gasteiger partial charge in [-0.15, -0.1) is 0 Å². The lowest BCUT2D eigenvalue weighted by molar-refractivity contribution is 0.670. The van der Waals surface area contributed by atoms with Crippen LogP contribution in [0.1, 0.15) is 28.8 Å². The van der Waals surface area contributed by atoms with Crippen molar-refractivity contribution in [3.05, 3.63) is 169 Å². The molecular formula is C46H28O. The molecule has 10 rings (SSSR count). The summed E-state index contributed by atoms with van der Waals surface area (Å²) in [5.41, 5.74) is -1.80. The molecule has 10 aromatic rings. The molecule has 218 valence electrons. The number of para-hydroxylation sites is 2. The van der Waals surface area contributed by atoms with Gasteiger partial charge in [-0.1, -0.05) is 163 Å². The van der Waals surface area contributed by atoms with E-state index < -0.39 is 187 Å². The van der Waals surface area contributed by atoms with Gasteiger partial charge in [0.05, 0.1) is 28.8 Å². The van der Waals surface area contributed by atoms with Crippen molar-refractivity contribution in [1.29, 1.82) is 0 Å². The first-order chi connectivity index (χ1) is 32.1. The van der Waals surface area contributed by atoms with E-state index >= 15 is 0 Å². The molecule has 0 radical (unpaired) electrons. The lowest BCUT2D eigenvalue weighted by Crippen LogP contribution is -1.93. The van der Waals surface area contributed by atoms with Crippen LogP contribution < -0.4 is 0 Å². The molecule has 0 unspecified atom stereocenters. The van der Waals surface area contributed by atoms with Crippen molar-refractivity contribution in [1.82, 2.24) is 0 Å². The second-order valence-electron chi connectivity index (χ2n) is 10.8. The van der Waals surface area contributed by atoms with E-state index in [1.807, 2.05) is 0 Å². The van der Waals surface area contributed by atoms with Gasteiger partial charge in [0, 0.05) is 16.3 Å². The second kappa shape index (κ2) is 10.2. The zero-order valence-corrected chi connectivity index (χ0v) is 23.9. The topological polar surface area (TPSA) is 13.1 Å². The van der Waals surface area contributed by atoms with Crippen LogP contribution in [0.5, 0.6) is 0 Å². The zero-order chi connectivity index (χ0) is 49.2. The van der Waals surface area contributed by atoms with Crippen LogP contribution in [0, 0.1) is 0 Å². The lowest BCUT2D eigenvalue weighted by atomic mass is 9.83. The summed E-state index contributed by atoms with van der Waals surface area (Å²) in [5, 5.41) is -3.19. The molecule has 1 heteroatoms. The van der Waals surface area contributed by atoms with Gasteiger partial charge in [-0.3, -0.25) is 0 Å². The molecule has 9 aromatic carbocycles. The van der Waals surface area contributed by atoms with Crippen molar-refractivity contribution in [2.45, 2.75) is 0 Å². The highest BCUT2D eigenvalue weighted by molar-refractivity contribution is 6.26. The van der Waals surface area contributed by atoms with Gasteiger partial charge in [-0.05, 0) is 77.0 Å². The third-order valence-corrected chi connectivity index (χ3v) is 8.36. The fourth-order valence-corrected chi connectivity index (χ4v) is 6.40. The Bertz CT molecular complexity index is 3960. The standard InChI is InChI=1S/C46H28O/c1-2-15-30-29(13-1)14-11-23-35(30)44-36-19-5-7-21-38(36)45(39-22-8-6-20-37(39)44)40-28-27-33(31-16-3-4-17-32(31)40)41-24-12-25-42-34-18-9-10-26-43(34)47-46(41)42/h1-28H/i1D,2D,3D,4D,5D,6D,7D,8D,11D,13D,14D,15D,16D,17D,19D,20D,21D,22D,23D,27D,28D. The molecule has 0 N–H and O–H groups in total.